The lowest BCUT2D eigenvalue weighted by Gasteiger charge is -2.10. The van der Waals surface area contributed by atoms with Gasteiger partial charge in [-0.2, -0.15) is 0 Å². The van der Waals surface area contributed by atoms with Crippen molar-refractivity contribution in [1.29, 1.82) is 0 Å². The quantitative estimate of drug-likeness (QED) is 0.423. The number of aromatic nitrogens is 1. The van der Waals surface area contributed by atoms with E-state index in [4.69, 9.17) is 27.9 Å². The van der Waals surface area contributed by atoms with Gasteiger partial charge in [0.1, 0.15) is 11.8 Å². The first-order valence-electron chi connectivity index (χ1n) is 8.25. The van der Waals surface area contributed by atoms with Crippen LogP contribution >= 0.6 is 23.2 Å². The second-order valence-electron chi connectivity index (χ2n) is 5.78. The molecule has 0 atom stereocenters. The van der Waals surface area contributed by atoms with E-state index in [9.17, 15) is 9.59 Å². The molecule has 0 unspecified atom stereocenters. The number of rotatable bonds is 5. The van der Waals surface area contributed by atoms with E-state index in [1.54, 1.807) is 18.2 Å². The van der Waals surface area contributed by atoms with Crippen LogP contribution in [0.25, 0.3) is 11.3 Å². The zero-order valence-electron chi connectivity index (χ0n) is 14.8. The summed E-state index contributed by atoms with van der Waals surface area (Å²) >= 11 is 12.3. The van der Waals surface area contributed by atoms with Gasteiger partial charge in [-0.25, -0.2) is 14.6 Å². The molecule has 3 aromatic rings. The van der Waals surface area contributed by atoms with Crippen LogP contribution in [0.1, 0.15) is 26.3 Å². The largest absolute Gasteiger partial charge is 0.465 e. The fourth-order valence-corrected chi connectivity index (χ4v) is 3.02. The molecule has 1 heterocycles. The molecule has 28 heavy (non-hydrogen) atoms. The Labute approximate surface area is 171 Å². The second-order valence-corrected chi connectivity index (χ2v) is 6.54. The number of ether oxygens (including phenoxy) is 2. The van der Waals surface area contributed by atoms with Crippen molar-refractivity contribution in [2.75, 3.05) is 7.11 Å². The van der Waals surface area contributed by atoms with E-state index < -0.39 is 11.9 Å². The van der Waals surface area contributed by atoms with Crippen LogP contribution in [0.2, 0.25) is 10.2 Å². The molecular formula is C21H15Cl2NO4. The third-order valence-corrected chi connectivity index (χ3v) is 4.58. The highest BCUT2D eigenvalue weighted by Crippen LogP contribution is 2.24. The second kappa shape index (κ2) is 8.87. The van der Waals surface area contributed by atoms with Crippen LogP contribution in [0.5, 0.6) is 0 Å². The minimum absolute atomic E-state index is 0.108. The van der Waals surface area contributed by atoms with Crippen LogP contribution in [0.4, 0.5) is 0 Å². The van der Waals surface area contributed by atoms with Crippen molar-refractivity contribution >= 4 is 35.1 Å². The van der Waals surface area contributed by atoms with Crippen molar-refractivity contribution in [2.24, 2.45) is 0 Å². The minimum Gasteiger partial charge on any atom is -0.465 e. The van der Waals surface area contributed by atoms with Gasteiger partial charge in [0.15, 0.2) is 0 Å². The van der Waals surface area contributed by atoms with E-state index in [-0.39, 0.29) is 27.9 Å². The van der Waals surface area contributed by atoms with Gasteiger partial charge in [0.05, 0.1) is 29.0 Å². The highest BCUT2D eigenvalue weighted by atomic mass is 35.5. The standard InChI is InChI=1S/C21H15Cl2NO4/c1-27-21(26)16-9-5-8-14(19(16)23)12-28-20(25)15-10-17(24-18(22)11-15)13-6-3-2-4-7-13/h2-11H,12H2,1H3. The molecule has 0 N–H and O–H groups in total. The summed E-state index contributed by atoms with van der Waals surface area (Å²) in [6.07, 6.45) is 0. The number of hydrogen-bond acceptors (Lipinski definition) is 5. The normalized spacial score (nSPS) is 10.4. The van der Waals surface area contributed by atoms with Gasteiger partial charge in [-0.3, -0.25) is 0 Å². The number of carbonyl (C=O) groups is 2. The summed E-state index contributed by atoms with van der Waals surface area (Å²) in [5, 5.41) is 0.360. The third kappa shape index (κ3) is 4.50. The molecule has 5 nitrogen and oxygen atoms in total. The van der Waals surface area contributed by atoms with Crippen LogP contribution < -0.4 is 0 Å². The molecule has 0 radical (unpaired) electrons. The Kier molecular flexibility index (Phi) is 6.29. The van der Waals surface area contributed by atoms with Crippen LogP contribution in [0.3, 0.4) is 0 Å². The number of pyridine rings is 1. The maximum Gasteiger partial charge on any atom is 0.339 e. The van der Waals surface area contributed by atoms with Crippen molar-refractivity contribution in [1.82, 2.24) is 4.98 Å². The van der Waals surface area contributed by atoms with Crippen molar-refractivity contribution < 1.29 is 19.1 Å². The van der Waals surface area contributed by atoms with Crippen LogP contribution in [0.15, 0.2) is 60.7 Å². The van der Waals surface area contributed by atoms with Gasteiger partial charge >= 0.3 is 11.9 Å². The molecule has 3 rings (SSSR count). The molecule has 142 valence electrons. The lowest BCUT2D eigenvalue weighted by atomic mass is 10.1. The van der Waals surface area contributed by atoms with Crippen molar-refractivity contribution in [3.63, 3.8) is 0 Å². The molecule has 0 aliphatic rings. The number of hydrogen-bond donors (Lipinski definition) is 0. The summed E-state index contributed by atoms with van der Waals surface area (Å²) in [6, 6.07) is 17.2. The molecule has 2 aromatic carbocycles. The fraction of sp³-hybridized carbons (Fsp3) is 0.0952. The smallest absolute Gasteiger partial charge is 0.339 e. The molecule has 0 bridgehead atoms. The van der Waals surface area contributed by atoms with Gasteiger partial charge in [0.25, 0.3) is 0 Å². The maximum absolute atomic E-state index is 12.5. The number of esters is 2. The average molecular weight is 416 g/mol. The molecule has 0 fully saturated rings. The molecule has 0 saturated heterocycles. The van der Waals surface area contributed by atoms with Crippen LogP contribution in [-0.4, -0.2) is 24.0 Å². The molecule has 1 aromatic heterocycles. The molecule has 0 amide bonds. The molecule has 0 aliphatic carbocycles. The van der Waals surface area contributed by atoms with Gasteiger partial charge in [-0.05, 0) is 18.2 Å². The van der Waals surface area contributed by atoms with Gasteiger partial charge in [-0.1, -0.05) is 65.7 Å². The molecular weight excluding hydrogens is 401 g/mol. The minimum atomic E-state index is -0.582. The zero-order chi connectivity index (χ0) is 20.1. The Morgan fingerprint density at radius 3 is 2.43 bits per heavy atom. The Hall–Kier alpha value is -2.89. The van der Waals surface area contributed by atoms with Crippen molar-refractivity contribution in [3.05, 3.63) is 87.5 Å². The first-order chi connectivity index (χ1) is 13.5. The topological polar surface area (TPSA) is 65.5 Å². The molecule has 0 saturated carbocycles. The van der Waals surface area contributed by atoms with Gasteiger partial charge in [0.2, 0.25) is 0 Å². The molecule has 0 aliphatic heterocycles. The summed E-state index contributed by atoms with van der Waals surface area (Å²) in [4.78, 5) is 28.5. The Balaban J connectivity index is 1.79. The summed E-state index contributed by atoms with van der Waals surface area (Å²) in [7, 11) is 1.27. The van der Waals surface area contributed by atoms with Crippen molar-refractivity contribution in [3.8, 4) is 11.3 Å². The Bertz CT molecular complexity index is 1020. The van der Waals surface area contributed by atoms with Crippen LogP contribution in [0, 0.1) is 0 Å². The first kappa shape index (κ1) is 19.9. The lowest BCUT2D eigenvalue weighted by Crippen LogP contribution is -2.08. The summed E-state index contributed by atoms with van der Waals surface area (Å²) in [5.41, 5.74) is 2.34. The molecule has 0 spiro atoms. The van der Waals surface area contributed by atoms with Gasteiger partial charge < -0.3 is 9.47 Å². The molecule has 7 heteroatoms. The predicted octanol–water partition coefficient (Wildman–Crippen LogP) is 5.20. The predicted molar refractivity (Wildman–Crippen MR) is 107 cm³/mol. The third-order valence-electron chi connectivity index (χ3n) is 3.94. The number of methoxy groups -OCH3 is 1. The summed E-state index contributed by atoms with van der Waals surface area (Å²) < 4.78 is 10.0. The SMILES string of the molecule is COC(=O)c1cccc(COC(=O)c2cc(Cl)nc(-c3ccccc3)c2)c1Cl. The van der Waals surface area contributed by atoms with Gasteiger partial charge in [0, 0.05) is 11.1 Å². The summed E-state index contributed by atoms with van der Waals surface area (Å²) in [5.74, 6) is -1.15. The van der Waals surface area contributed by atoms with Crippen molar-refractivity contribution in [2.45, 2.75) is 6.61 Å². The zero-order valence-corrected chi connectivity index (χ0v) is 16.3. The van der Waals surface area contributed by atoms with E-state index in [0.717, 1.165) is 5.56 Å². The maximum atomic E-state index is 12.5. The Morgan fingerprint density at radius 1 is 0.964 bits per heavy atom. The van der Waals surface area contributed by atoms with Crippen LogP contribution in [-0.2, 0) is 16.1 Å². The van der Waals surface area contributed by atoms with E-state index >= 15 is 0 Å². The number of benzene rings is 2. The summed E-state index contributed by atoms with van der Waals surface area (Å²) in [6.45, 7) is -0.108. The monoisotopic (exact) mass is 415 g/mol. The number of halogens is 2. The average Bonchev–Trinajstić information content (AvgIpc) is 2.72. The number of carbonyl (C=O) groups excluding carboxylic acids is 2. The fourth-order valence-electron chi connectivity index (χ4n) is 2.56. The highest BCUT2D eigenvalue weighted by Gasteiger charge is 2.16. The van der Waals surface area contributed by atoms with E-state index in [1.807, 2.05) is 30.3 Å². The highest BCUT2D eigenvalue weighted by molar-refractivity contribution is 6.34. The van der Waals surface area contributed by atoms with E-state index in [2.05, 4.69) is 9.72 Å². The van der Waals surface area contributed by atoms with Gasteiger partial charge in [-0.15, -0.1) is 0 Å². The lowest BCUT2D eigenvalue weighted by molar-refractivity contribution is 0.0473. The Morgan fingerprint density at radius 2 is 1.71 bits per heavy atom. The number of nitrogens with zero attached hydrogens (tertiary/aromatic N) is 1. The first-order valence-corrected chi connectivity index (χ1v) is 9.01. The van der Waals surface area contributed by atoms with E-state index in [0.29, 0.717) is 11.3 Å². The van der Waals surface area contributed by atoms with E-state index in [1.165, 1.54) is 19.2 Å².